The van der Waals surface area contributed by atoms with Crippen LogP contribution in [-0.2, 0) is 0 Å². The topological polar surface area (TPSA) is 12.0 Å². The van der Waals surface area contributed by atoms with Crippen LogP contribution in [0.25, 0.3) is 0 Å². The molecule has 0 spiro atoms. The molecular formula is C17H24F3N. The Bertz CT molecular complexity index is 481. The second-order valence-corrected chi connectivity index (χ2v) is 6.29. The first-order chi connectivity index (χ1) is 9.79. The van der Waals surface area contributed by atoms with Crippen molar-refractivity contribution in [2.45, 2.75) is 64.7 Å². The van der Waals surface area contributed by atoms with E-state index < -0.39 is 18.1 Å². The van der Waals surface area contributed by atoms with Gasteiger partial charge in [-0.05, 0) is 44.7 Å². The highest BCUT2D eigenvalue weighted by atomic mass is 19.4. The van der Waals surface area contributed by atoms with Crippen molar-refractivity contribution in [3.8, 4) is 0 Å². The summed E-state index contributed by atoms with van der Waals surface area (Å²) < 4.78 is 39.4. The molecule has 1 aliphatic rings. The van der Waals surface area contributed by atoms with Crippen LogP contribution < -0.4 is 5.32 Å². The summed E-state index contributed by atoms with van der Waals surface area (Å²) in [6, 6.07) is 5.61. The Hall–Kier alpha value is -1.03. The zero-order valence-electron chi connectivity index (χ0n) is 12.9. The molecule has 1 aliphatic carbocycles. The summed E-state index contributed by atoms with van der Waals surface area (Å²) in [5.41, 5.74) is 3.36. The number of halogens is 3. The number of aryl methyl sites for hydroxylation is 2. The van der Waals surface area contributed by atoms with Gasteiger partial charge in [0.2, 0.25) is 0 Å². The molecule has 0 heterocycles. The average molecular weight is 299 g/mol. The molecule has 1 aromatic carbocycles. The highest BCUT2D eigenvalue weighted by molar-refractivity contribution is 5.32. The smallest absolute Gasteiger partial charge is 0.307 e. The number of hydrogen-bond donors (Lipinski definition) is 1. The van der Waals surface area contributed by atoms with Crippen LogP contribution in [0.5, 0.6) is 0 Å². The van der Waals surface area contributed by atoms with Gasteiger partial charge in [0.05, 0.1) is 5.92 Å². The Morgan fingerprint density at radius 3 is 2.48 bits per heavy atom. The number of nitrogens with one attached hydrogen (secondary N) is 1. The van der Waals surface area contributed by atoms with Gasteiger partial charge in [-0.25, -0.2) is 0 Å². The van der Waals surface area contributed by atoms with E-state index in [1.165, 1.54) is 0 Å². The molecule has 0 bridgehead atoms. The summed E-state index contributed by atoms with van der Waals surface area (Å²) in [5, 5.41) is 3.24. The third kappa shape index (κ3) is 4.00. The monoisotopic (exact) mass is 299 g/mol. The molecule has 2 rings (SSSR count). The van der Waals surface area contributed by atoms with Crippen molar-refractivity contribution in [2.75, 3.05) is 0 Å². The van der Waals surface area contributed by atoms with Gasteiger partial charge in [-0.15, -0.1) is 0 Å². The van der Waals surface area contributed by atoms with Gasteiger partial charge in [0.1, 0.15) is 0 Å². The summed E-state index contributed by atoms with van der Waals surface area (Å²) >= 11 is 0. The van der Waals surface area contributed by atoms with Gasteiger partial charge in [-0.2, -0.15) is 13.2 Å². The highest BCUT2D eigenvalue weighted by Gasteiger charge is 2.45. The number of benzene rings is 1. The molecule has 0 amide bonds. The fourth-order valence-electron chi connectivity index (χ4n) is 3.36. The third-order valence-electron chi connectivity index (χ3n) is 4.55. The van der Waals surface area contributed by atoms with Crippen LogP contribution in [0.15, 0.2) is 18.2 Å². The number of rotatable bonds is 3. The molecule has 1 fully saturated rings. The van der Waals surface area contributed by atoms with Crippen molar-refractivity contribution < 1.29 is 13.2 Å². The molecule has 4 heteroatoms. The Morgan fingerprint density at radius 2 is 1.81 bits per heavy atom. The zero-order valence-corrected chi connectivity index (χ0v) is 12.9. The van der Waals surface area contributed by atoms with E-state index in [0.717, 1.165) is 23.1 Å². The molecule has 3 atom stereocenters. The molecule has 1 nitrogen and oxygen atoms in total. The van der Waals surface area contributed by atoms with Crippen LogP contribution >= 0.6 is 0 Å². The molecule has 21 heavy (non-hydrogen) atoms. The quantitative estimate of drug-likeness (QED) is 0.821. The van der Waals surface area contributed by atoms with Gasteiger partial charge in [-0.1, -0.05) is 36.6 Å². The summed E-state index contributed by atoms with van der Waals surface area (Å²) in [5.74, 6) is -1.21. The van der Waals surface area contributed by atoms with Crippen molar-refractivity contribution in [3.63, 3.8) is 0 Å². The Balaban J connectivity index is 2.13. The molecular weight excluding hydrogens is 275 g/mol. The Labute approximate surface area is 124 Å². The molecule has 1 saturated carbocycles. The minimum Gasteiger partial charge on any atom is -0.307 e. The molecule has 0 aliphatic heterocycles. The molecule has 1 N–H and O–H groups in total. The van der Waals surface area contributed by atoms with Gasteiger partial charge in [0.25, 0.3) is 0 Å². The summed E-state index contributed by atoms with van der Waals surface area (Å²) in [6.45, 7) is 5.98. The first-order valence-electron chi connectivity index (χ1n) is 7.69. The molecule has 1 aromatic rings. The maximum atomic E-state index is 13.1. The maximum absolute atomic E-state index is 13.1. The van der Waals surface area contributed by atoms with E-state index in [4.69, 9.17) is 0 Å². The van der Waals surface area contributed by atoms with Gasteiger partial charge >= 0.3 is 6.18 Å². The van der Waals surface area contributed by atoms with Crippen molar-refractivity contribution in [2.24, 2.45) is 5.92 Å². The molecule has 0 saturated heterocycles. The molecule has 3 unspecified atom stereocenters. The predicted octanol–water partition coefficient (Wildman–Crippen LogP) is 5.08. The van der Waals surface area contributed by atoms with Crippen LogP contribution in [0.4, 0.5) is 13.2 Å². The minimum absolute atomic E-state index is 0.0575. The van der Waals surface area contributed by atoms with Crippen LogP contribution in [0, 0.1) is 19.8 Å². The summed E-state index contributed by atoms with van der Waals surface area (Å²) in [6.07, 6.45) is -1.68. The highest BCUT2D eigenvalue weighted by Crippen LogP contribution is 2.38. The van der Waals surface area contributed by atoms with Crippen molar-refractivity contribution in [1.82, 2.24) is 5.32 Å². The van der Waals surface area contributed by atoms with E-state index in [1.54, 1.807) is 0 Å². The Kier molecular flexibility index (Phi) is 4.97. The predicted molar refractivity (Wildman–Crippen MR) is 79.3 cm³/mol. The second-order valence-electron chi connectivity index (χ2n) is 6.29. The SMILES string of the molecule is Cc1ccc(C)c(C(C)NC2CCCCC2C(F)(F)F)c1. The van der Waals surface area contributed by atoms with Crippen molar-refractivity contribution in [1.29, 1.82) is 0 Å². The number of alkyl halides is 3. The lowest BCUT2D eigenvalue weighted by molar-refractivity contribution is -0.189. The molecule has 0 radical (unpaired) electrons. The summed E-state index contributed by atoms with van der Waals surface area (Å²) in [7, 11) is 0. The van der Waals surface area contributed by atoms with Gasteiger partial charge in [0.15, 0.2) is 0 Å². The van der Waals surface area contributed by atoms with E-state index in [1.807, 2.05) is 32.9 Å². The third-order valence-corrected chi connectivity index (χ3v) is 4.55. The largest absolute Gasteiger partial charge is 0.393 e. The van der Waals surface area contributed by atoms with E-state index in [2.05, 4.69) is 11.4 Å². The van der Waals surface area contributed by atoms with Gasteiger partial charge in [0, 0.05) is 12.1 Å². The van der Waals surface area contributed by atoms with Crippen LogP contribution in [0.3, 0.4) is 0 Å². The Morgan fingerprint density at radius 1 is 1.14 bits per heavy atom. The van der Waals surface area contributed by atoms with E-state index in [9.17, 15) is 13.2 Å². The van der Waals surface area contributed by atoms with Crippen LogP contribution in [0.1, 0.15) is 55.3 Å². The molecule has 0 aromatic heterocycles. The van der Waals surface area contributed by atoms with Crippen molar-refractivity contribution in [3.05, 3.63) is 34.9 Å². The fraction of sp³-hybridized carbons (Fsp3) is 0.647. The summed E-state index contributed by atoms with van der Waals surface area (Å²) in [4.78, 5) is 0. The first-order valence-corrected chi connectivity index (χ1v) is 7.69. The second kappa shape index (κ2) is 6.39. The average Bonchev–Trinajstić information content (AvgIpc) is 2.41. The van der Waals surface area contributed by atoms with Gasteiger partial charge < -0.3 is 5.32 Å². The maximum Gasteiger partial charge on any atom is 0.393 e. The molecule has 118 valence electrons. The van der Waals surface area contributed by atoms with E-state index in [0.29, 0.717) is 12.8 Å². The lowest BCUT2D eigenvalue weighted by Crippen LogP contribution is -2.46. The lowest BCUT2D eigenvalue weighted by atomic mass is 9.83. The first kappa shape index (κ1) is 16.3. The normalized spacial score (nSPS) is 24.9. The zero-order chi connectivity index (χ0) is 15.6. The fourth-order valence-corrected chi connectivity index (χ4v) is 3.36. The lowest BCUT2D eigenvalue weighted by Gasteiger charge is -2.36. The van der Waals surface area contributed by atoms with Crippen molar-refractivity contribution >= 4 is 0 Å². The van der Waals surface area contributed by atoms with E-state index in [-0.39, 0.29) is 12.5 Å². The standard InChI is InChI=1S/C17H24F3N/c1-11-8-9-12(2)14(10-11)13(3)21-16-7-5-4-6-15(16)17(18,19)20/h8-10,13,15-16,21H,4-7H2,1-3H3. The van der Waals surface area contributed by atoms with Crippen LogP contribution in [0.2, 0.25) is 0 Å². The number of hydrogen-bond acceptors (Lipinski definition) is 1. The van der Waals surface area contributed by atoms with Crippen LogP contribution in [-0.4, -0.2) is 12.2 Å². The minimum atomic E-state index is -4.10. The van der Waals surface area contributed by atoms with Gasteiger partial charge in [-0.3, -0.25) is 0 Å². The van der Waals surface area contributed by atoms with E-state index >= 15 is 0 Å².